The second-order valence-corrected chi connectivity index (χ2v) is 9.98. The van der Waals surface area contributed by atoms with Gasteiger partial charge in [0.15, 0.2) is 6.73 Å². The van der Waals surface area contributed by atoms with Crippen LogP contribution in [0.3, 0.4) is 0 Å². The van der Waals surface area contributed by atoms with Crippen LogP contribution >= 0.6 is 24.0 Å². The van der Waals surface area contributed by atoms with Crippen molar-refractivity contribution in [1.29, 1.82) is 0 Å². The number of benzene rings is 2. The molecule has 2 heterocycles. The lowest BCUT2D eigenvalue weighted by Crippen LogP contribution is -2.33. The first kappa shape index (κ1) is 26.6. The minimum absolute atomic E-state index is 0. The normalized spacial score (nSPS) is 15.2. The molecule has 186 valence electrons. The highest BCUT2D eigenvalue weighted by Crippen LogP contribution is 2.27. The molecule has 9 heteroatoms. The number of carbonyl (C=O) groups is 3. The van der Waals surface area contributed by atoms with Gasteiger partial charge in [-0.15, -0.1) is 12.4 Å². The first-order valence-electron chi connectivity index (χ1n) is 11.2. The van der Waals surface area contributed by atoms with E-state index in [-0.39, 0.29) is 43.5 Å². The number of amides is 2. The first-order valence-corrected chi connectivity index (χ1v) is 11.6. The molecule has 0 spiro atoms. The average Bonchev–Trinajstić information content (AvgIpc) is 3.29. The number of fused-ring (bicyclic) bond motifs is 1. The molecule has 0 saturated heterocycles. The minimum atomic E-state index is -0.583. The molecule has 7 nitrogen and oxygen atoms in total. The predicted octanol–water partition coefficient (Wildman–Crippen LogP) is 4.91. The van der Waals surface area contributed by atoms with E-state index in [1.165, 1.54) is 4.90 Å². The van der Waals surface area contributed by atoms with Gasteiger partial charge in [0.1, 0.15) is 0 Å². The van der Waals surface area contributed by atoms with Crippen LogP contribution < -0.4 is 0 Å². The van der Waals surface area contributed by atoms with Crippen molar-refractivity contribution < 1.29 is 19.1 Å². The number of halogens is 2. The average molecular weight is 518 g/mol. The number of ether oxygens (including phenoxy) is 1. The highest BCUT2D eigenvalue weighted by Gasteiger charge is 2.35. The summed E-state index contributed by atoms with van der Waals surface area (Å²) in [6, 6.07) is 14.5. The van der Waals surface area contributed by atoms with Gasteiger partial charge in [0, 0.05) is 36.4 Å². The molecule has 2 aromatic carbocycles. The third-order valence-electron chi connectivity index (χ3n) is 5.82. The molecule has 4 rings (SSSR count). The lowest BCUT2D eigenvalue weighted by Gasteiger charge is -2.25. The van der Waals surface area contributed by atoms with E-state index in [0.29, 0.717) is 35.8 Å². The highest BCUT2D eigenvalue weighted by atomic mass is 35.5. The quantitative estimate of drug-likeness (QED) is 0.383. The fourth-order valence-corrected chi connectivity index (χ4v) is 4.06. The summed E-state index contributed by atoms with van der Waals surface area (Å²) >= 11 is 6.02. The monoisotopic (exact) mass is 517 g/mol. The summed E-state index contributed by atoms with van der Waals surface area (Å²) in [7, 11) is 0. The molecule has 0 aliphatic carbocycles. The van der Waals surface area contributed by atoms with Crippen molar-refractivity contribution in [3.63, 3.8) is 0 Å². The van der Waals surface area contributed by atoms with Gasteiger partial charge < -0.3 is 14.5 Å². The zero-order valence-corrected chi connectivity index (χ0v) is 21.6. The SMILES string of the molecule is CC(C)(C)C(=O)OCN1C=C(CCN2C(=O)c3ccccc3C2=O)N(Cc2ccc(Cl)cc2)C1.Cl. The third-order valence-corrected chi connectivity index (χ3v) is 6.07. The lowest BCUT2D eigenvalue weighted by molar-refractivity contribution is -0.157. The number of rotatable bonds is 7. The van der Waals surface area contributed by atoms with Gasteiger partial charge in [-0.1, -0.05) is 35.9 Å². The van der Waals surface area contributed by atoms with Crippen LogP contribution in [0, 0.1) is 5.41 Å². The second-order valence-electron chi connectivity index (χ2n) is 9.54. The number of esters is 1. The van der Waals surface area contributed by atoms with Crippen LogP contribution in [0.1, 0.15) is 53.5 Å². The van der Waals surface area contributed by atoms with Gasteiger partial charge in [0.2, 0.25) is 0 Å². The summed E-state index contributed by atoms with van der Waals surface area (Å²) in [6.45, 7) is 6.99. The zero-order valence-electron chi connectivity index (χ0n) is 20.0. The molecule has 0 unspecified atom stereocenters. The summed E-state index contributed by atoms with van der Waals surface area (Å²) < 4.78 is 5.49. The molecule has 0 N–H and O–H groups in total. The Balaban J connectivity index is 0.00000342. The van der Waals surface area contributed by atoms with Crippen molar-refractivity contribution >= 4 is 41.8 Å². The highest BCUT2D eigenvalue weighted by molar-refractivity contribution is 6.30. The van der Waals surface area contributed by atoms with Crippen LogP contribution in [0.15, 0.2) is 60.4 Å². The van der Waals surface area contributed by atoms with E-state index in [1.807, 2.05) is 56.1 Å². The lowest BCUT2D eigenvalue weighted by atomic mass is 9.98. The Morgan fingerprint density at radius 2 is 1.60 bits per heavy atom. The van der Waals surface area contributed by atoms with E-state index in [1.54, 1.807) is 24.3 Å². The van der Waals surface area contributed by atoms with Crippen LogP contribution in [0.5, 0.6) is 0 Å². The maximum atomic E-state index is 12.7. The first-order chi connectivity index (χ1) is 16.1. The molecule has 0 fully saturated rings. The number of imide groups is 1. The molecule has 0 aromatic heterocycles. The summed E-state index contributed by atoms with van der Waals surface area (Å²) in [6.07, 6.45) is 2.42. The number of hydrogen-bond acceptors (Lipinski definition) is 6. The minimum Gasteiger partial charge on any atom is -0.444 e. The molecule has 0 bridgehead atoms. The second kappa shape index (κ2) is 10.7. The van der Waals surface area contributed by atoms with Crippen LogP contribution in [0.25, 0.3) is 0 Å². The standard InChI is InChI=1S/C26H28ClN3O4.ClH/c1-26(2,3)25(33)34-17-28-15-20(29(16-28)14-18-8-10-19(27)11-9-18)12-13-30-23(31)21-6-4-5-7-22(21)24(30)32;/h4-11,15H,12-14,16-17H2,1-3H3;1H. The van der Waals surface area contributed by atoms with Crippen molar-refractivity contribution in [2.45, 2.75) is 33.7 Å². The molecule has 0 radical (unpaired) electrons. The Bertz CT molecular complexity index is 1110. The topological polar surface area (TPSA) is 70.2 Å². The van der Waals surface area contributed by atoms with Crippen molar-refractivity contribution in [2.75, 3.05) is 19.9 Å². The molecule has 35 heavy (non-hydrogen) atoms. The van der Waals surface area contributed by atoms with E-state index in [9.17, 15) is 14.4 Å². The zero-order chi connectivity index (χ0) is 24.5. The summed E-state index contributed by atoms with van der Waals surface area (Å²) in [4.78, 5) is 43.1. The maximum absolute atomic E-state index is 12.7. The fourth-order valence-electron chi connectivity index (χ4n) is 3.93. The molecular formula is C26H29Cl2N3O4. The van der Waals surface area contributed by atoms with E-state index in [0.717, 1.165) is 11.3 Å². The molecule has 2 amide bonds. The number of carbonyl (C=O) groups excluding carboxylic acids is 3. The smallest absolute Gasteiger partial charge is 0.312 e. The van der Waals surface area contributed by atoms with Gasteiger partial charge in [0.05, 0.1) is 23.2 Å². The van der Waals surface area contributed by atoms with Crippen molar-refractivity contribution in [3.8, 4) is 0 Å². The molecular weight excluding hydrogens is 489 g/mol. The third kappa shape index (κ3) is 5.97. The molecule has 2 aromatic rings. The summed E-state index contributed by atoms with van der Waals surface area (Å²) in [5.41, 5.74) is 2.34. The summed E-state index contributed by atoms with van der Waals surface area (Å²) in [5.74, 6) is -0.802. The van der Waals surface area contributed by atoms with Crippen LogP contribution in [-0.4, -0.2) is 52.4 Å². The van der Waals surface area contributed by atoms with Gasteiger partial charge in [-0.05, 0) is 50.6 Å². The van der Waals surface area contributed by atoms with Gasteiger partial charge >= 0.3 is 5.97 Å². The maximum Gasteiger partial charge on any atom is 0.312 e. The summed E-state index contributed by atoms with van der Waals surface area (Å²) in [5, 5.41) is 0.669. The number of hydrogen-bond donors (Lipinski definition) is 0. The van der Waals surface area contributed by atoms with E-state index in [4.69, 9.17) is 16.3 Å². The number of nitrogens with zero attached hydrogens (tertiary/aromatic N) is 3. The largest absolute Gasteiger partial charge is 0.444 e. The Morgan fingerprint density at radius 3 is 2.17 bits per heavy atom. The molecule has 0 atom stereocenters. The van der Waals surface area contributed by atoms with Crippen molar-refractivity contribution in [3.05, 3.63) is 82.1 Å². The van der Waals surface area contributed by atoms with Crippen LogP contribution in [0.4, 0.5) is 0 Å². The Kier molecular flexibility index (Phi) is 8.13. The van der Waals surface area contributed by atoms with E-state index >= 15 is 0 Å². The predicted molar refractivity (Wildman–Crippen MR) is 136 cm³/mol. The van der Waals surface area contributed by atoms with Gasteiger partial charge in [-0.3, -0.25) is 19.3 Å². The fraction of sp³-hybridized carbons (Fsp3) is 0.346. The van der Waals surface area contributed by atoms with Crippen LogP contribution in [0.2, 0.25) is 5.02 Å². The van der Waals surface area contributed by atoms with Crippen LogP contribution in [-0.2, 0) is 16.1 Å². The van der Waals surface area contributed by atoms with E-state index in [2.05, 4.69) is 4.90 Å². The van der Waals surface area contributed by atoms with Gasteiger partial charge in [-0.25, -0.2) is 0 Å². The Morgan fingerprint density at radius 1 is 1.00 bits per heavy atom. The molecule has 2 aliphatic rings. The van der Waals surface area contributed by atoms with Gasteiger partial charge in [-0.2, -0.15) is 0 Å². The Labute approximate surface area is 216 Å². The molecule has 2 aliphatic heterocycles. The van der Waals surface area contributed by atoms with Crippen molar-refractivity contribution in [2.24, 2.45) is 5.41 Å². The van der Waals surface area contributed by atoms with Gasteiger partial charge in [0.25, 0.3) is 11.8 Å². The van der Waals surface area contributed by atoms with E-state index < -0.39 is 5.41 Å². The van der Waals surface area contributed by atoms with Crippen molar-refractivity contribution in [1.82, 2.24) is 14.7 Å². The Hall–Kier alpha value is -3.03. The molecule has 0 saturated carbocycles.